The van der Waals surface area contributed by atoms with Gasteiger partial charge in [0.1, 0.15) is 5.75 Å². The normalized spacial score (nSPS) is 15.5. The number of amides is 2. The van der Waals surface area contributed by atoms with E-state index in [1.807, 2.05) is 0 Å². The lowest BCUT2D eigenvalue weighted by molar-refractivity contribution is -0.139. The van der Waals surface area contributed by atoms with Crippen LogP contribution in [-0.2, 0) is 4.79 Å². The number of aromatic nitrogens is 1. The van der Waals surface area contributed by atoms with Gasteiger partial charge in [-0.05, 0) is 43.3 Å². The maximum atomic E-state index is 12.6. The second-order valence-corrected chi connectivity index (χ2v) is 6.50. The SMILES string of the molecule is CC(Oc1ccc(Cl)cc1)C(=O)N1CCN(C(=O)c2ccncc2)CC1. The minimum atomic E-state index is -0.598. The number of nitrogens with zero attached hydrogens (tertiary/aromatic N) is 3. The molecule has 0 saturated carbocycles. The molecule has 6 nitrogen and oxygen atoms in total. The van der Waals surface area contributed by atoms with Gasteiger partial charge in [-0.15, -0.1) is 0 Å². The van der Waals surface area contributed by atoms with Crippen LogP contribution in [0.4, 0.5) is 0 Å². The minimum absolute atomic E-state index is 0.0371. The summed E-state index contributed by atoms with van der Waals surface area (Å²) in [6.07, 6.45) is 2.60. The van der Waals surface area contributed by atoms with Crippen LogP contribution in [0.2, 0.25) is 5.02 Å². The smallest absolute Gasteiger partial charge is 0.263 e. The van der Waals surface area contributed by atoms with Crippen LogP contribution in [0.15, 0.2) is 48.8 Å². The maximum absolute atomic E-state index is 12.6. The molecule has 1 unspecified atom stereocenters. The van der Waals surface area contributed by atoms with Crippen LogP contribution >= 0.6 is 11.6 Å². The highest BCUT2D eigenvalue weighted by molar-refractivity contribution is 6.30. The van der Waals surface area contributed by atoms with E-state index in [0.29, 0.717) is 42.5 Å². The second kappa shape index (κ2) is 8.19. The monoisotopic (exact) mass is 373 g/mol. The molecule has 2 amide bonds. The van der Waals surface area contributed by atoms with Gasteiger partial charge in [0.25, 0.3) is 11.8 Å². The Morgan fingerprint density at radius 2 is 1.58 bits per heavy atom. The van der Waals surface area contributed by atoms with E-state index in [0.717, 1.165) is 0 Å². The number of piperazine rings is 1. The van der Waals surface area contributed by atoms with Crippen LogP contribution in [0.25, 0.3) is 0 Å². The molecule has 1 aromatic heterocycles. The molecule has 2 aromatic rings. The zero-order valence-electron chi connectivity index (χ0n) is 14.5. The van der Waals surface area contributed by atoms with Crippen molar-refractivity contribution < 1.29 is 14.3 Å². The van der Waals surface area contributed by atoms with E-state index in [2.05, 4.69) is 4.98 Å². The Hall–Kier alpha value is -2.60. The number of rotatable bonds is 4. The van der Waals surface area contributed by atoms with Crippen LogP contribution in [0, 0.1) is 0 Å². The number of halogens is 1. The van der Waals surface area contributed by atoms with Gasteiger partial charge in [-0.3, -0.25) is 14.6 Å². The van der Waals surface area contributed by atoms with Gasteiger partial charge in [0, 0.05) is 49.2 Å². The lowest BCUT2D eigenvalue weighted by atomic mass is 10.2. The first-order valence-electron chi connectivity index (χ1n) is 8.45. The van der Waals surface area contributed by atoms with Crippen molar-refractivity contribution in [3.05, 3.63) is 59.4 Å². The summed E-state index contributed by atoms with van der Waals surface area (Å²) in [5.74, 6) is 0.475. The predicted molar refractivity (Wildman–Crippen MR) is 98.3 cm³/mol. The molecular weight excluding hydrogens is 354 g/mol. The molecule has 0 bridgehead atoms. The zero-order valence-corrected chi connectivity index (χ0v) is 15.2. The fourth-order valence-corrected chi connectivity index (χ4v) is 2.96. The van der Waals surface area contributed by atoms with Gasteiger partial charge in [-0.25, -0.2) is 0 Å². The average Bonchev–Trinajstić information content (AvgIpc) is 2.69. The summed E-state index contributed by atoms with van der Waals surface area (Å²) in [6.45, 7) is 3.71. The topological polar surface area (TPSA) is 62.7 Å². The summed E-state index contributed by atoms with van der Waals surface area (Å²) in [5.41, 5.74) is 0.610. The van der Waals surface area contributed by atoms with Gasteiger partial charge >= 0.3 is 0 Å². The van der Waals surface area contributed by atoms with Gasteiger partial charge in [0.15, 0.2) is 6.10 Å². The van der Waals surface area contributed by atoms with Crippen LogP contribution in [0.5, 0.6) is 5.75 Å². The van der Waals surface area contributed by atoms with Crippen LogP contribution < -0.4 is 4.74 Å². The van der Waals surface area contributed by atoms with Crippen molar-refractivity contribution in [3.63, 3.8) is 0 Å². The Morgan fingerprint density at radius 3 is 2.19 bits per heavy atom. The van der Waals surface area contributed by atoms with Gasteiger partial charge in [-0.1, -0.05) is 11.6 Å². The molecule has 3 rings (SSSR count). The van der Waals surface area contributed by atoms with Crippen molar-refractivity contribution in [2.75, 3.05) is 26.2 Å². The largest absolute Gasteiger partial charge is 0.481 e. The Bertz CT molecular complexity index is 759. The van der Waals surface area contributed by atoms with Crippen molar-refractivity contribution in [1.82, 2.24) is 14.8 Å². The van der Waals surface area contributed by atoms with Gasteiger partial charge in [0.2, 0.25) is 0 Å². The van der Waals surface area contributed by atoms with Crippen molar-refractivity contribution in [2.24, 2.45) is 0 Å². The van der Waals surface area contributed by atoms with Crippen LogP contribution in [0.3, 0.4) is 0 Å². The molecule has 1 aromatic carbocycles. The van der Waals surface area contributed by atoms with Gasteiger partial charge in [0.05, 0.1) is 0 Å². The Balaban J connectivity index is 1.53. The standard InChI is InChI=1S/C19H20ClN3O3/c1-14(26-17-4-2-16(20)3-5-17)18(24)22-10-12-23(13-11-22)19(25)15-6-8-21-9-7-15/h2-9,14H,10-13H2,1H3. The number of hydrogen-bond acceptors (Lipinski definition) is 4. The lowest BCUT2D eigenvalue weighted by Gasteiger charge is -2.35. The highest BCUT2D eigenvalue weighted by Gasteiger charge is 2.28. The fraction of sp³-hybridized carbons (Fsp3) is 0.316. The molecule has 0 N–H and O–H groups in total. The third-order valence-electron chi connectivity index (χ3n) is 4.28. The minimum Gasteiger partial charge on any atom is -0.481 e. The predicted octanol–water partition coefficient (Wildman–Crippen LogP) is 2.49. The molecule has 2 heterocycles. The first-order valence-corrected chi connectivity index (χ1v) is 8.82. The fourth-order valence-electron chi connectivity index (χ4n) is 2.83. The van der Waals surface area contributed by atoms with Crippen molar-refractivity contribution in [3.8, 4) is 5.75 Å². The lowest BCUT2D eigenvalue weighted by Crippen LogP contribution is -2.53. The summed E-state index contributed by atoms with van der Waals surface area (Å²) in [6, 6.07) is 10.3. The number of carbonyl (C=O) groups excluding carboxylic acids is 2. The highest BCUT2D eigenvalue weighted by Crippen LogP contribution is 2.18. The summed E-state index contributed by atoms with van der Waals surface area (Å²) in [5, 5.41) is 0.617. The molecule has 1 saturated heterocycles. The maximum Gasteiger partial charge on any atom is 0.263 e. The average molecular weight is 374 g/mol. The van der Waals surface area contributed by atoms with E-state index in [-0.39, 0.29) is 11.8 Å². The molecule has 136 valence electrons. The molecule has 1 aliphatic rings. The highest BCUT2D eigenvalue weighted by atomic mass is 35.5. The molecule has 7 heteroatoms. The molecule has 0 radical (unpaired) electrons. The Labute approximate surface area is 157 Å². The molecule has 0 aliphatic carbocycles. The van der Waals surface area contributed by atoms with E-state index in [9.17, 15) is 9.59 Å². The second-order valence-electron chi connectivity index (χ2n) is 6.07. The number of carbonyl (C=O) groups is 2. The third kappa shape index (κ3) is 4.32. The van der Waals surface area contributed by atoms with E-state index in [1.54, 1.807) is 65.5 Å². The van der Waals surface area contributed by atoms with Gasteiger partial charge < -0.3 is 14.5 Å². The van der Waals surface area contributed by atoms with Crippen molar-refractivity contribution in [2.45, 2.75) is 13.0 Å². The van der Waals surface area contributed by atoms with Crippen LogP contribution in [-0.4, -0.2) is 58.9 Å². The number of ether oxygens (including phenoxy) is 1. The number of pyridine rings is 1. The summed E-state index contributed by atoms with van der Waals surface area (Å²) < 4.78 is 5.69. The van der Waals surface area contributed by atoms with Crippen molar-refractivity contribution >= 4 is 23.4 Å². The molecule has 26 heavy (non-hydrogen) atoms. The molecule has 1 aliphatic heterocycles. The first-order chi connectivity index (χ1) is 12.5. The Kier molecular flexibility index (Phi) is 5.73. The number of benzene rings is 1. The van der Waals surface area contributed by atoms with E-state index in [1.165, 1.54) is 0 Å². The molecular formula is C19H20ClN3O3. The van der Waals surface area contributed by atoms with Crippen molar-refractivity contribution in [1.29, 1.82) is 0 Å². The molecule has 0 spiro atoms. The molecule has 1 atom stereocenters. The summed E-state index contributed by atoms with van der Waals surface area (Å²) in [4.78, 5) is 32.4. The van der Waals surface area contributed by atoms with Gasteiger partial charge in [-0.2, -0.15) is 0 Å². The third-order valence-corrected chi connectivity index (χ3v) is 4.53. The summed E-state index contributed by atoms with van der Waals surface area (Å²) >= 11 is 5.85. The Morgan fingerprint density at radius 1 is 1.00 bits per heavy atom. The van der Waals surface area contributed by atoms with E-state index in [4.69, 9.17) is 16.3 Å². The summed E-state index contributed by atoms with van der Waals surface area (Å²) in [7, 11) is 0. The zero-order chi connectivity index (χ0) is 18.5. The molecule has 1 fully saturated rings. The van der Waals surface area contributed by atoms with E-state index < -0.39 is 6.10 Å². The van der Waals surface area contributed by atoms with Crippen LogP contribution in [0.1, 0.15) is 17.3 Å². The first kappa shape index (κ1) is 18.2. The van der Waals surface area contributed by atoms with E-state index >= 15 is 0 Å². The number of hydrogen-bond donors (Lipinski definition) is 0. The quantitative estimate of drug-likeness (QED) is 0.826.